The number of rotatable bonds is 1. The fourth-order valence-electron chi connectivity index (χ4n) is 0.871. The van der Waals surface area contributed by atoms with Crippen LogP contribution in [-0.2, 0) is 0 Å². The lowest BCUT2D eigenvalue weighted by Gasteiger charge is -2.00. The van der Waals surface area contributed by atoms with Crippen molar-refractivity contribution in [2.45, 2.75) is 0 Å². The van der Waals surface area contributed by atoms with Crippen molar-refractivity contribution in [3.8, 4) is 11.5 Å². The summed E-state index contributed by atoms with van der Waals surface area (Å²) in [5, 5.41) is 20.4. The van der Waals surface area contributed by atoms with Gasteiger partial charge in [0.05, 0.1) is 0 Å². The van der Waals surface area contributed by atoms with E-state index in [-0.39, 0.29) is 23.0 Å². The summed E-state index contributed by atoms with van der Waals surface area (Å²) in [6.07, 6.45) is 0. The molecule has 0 heterocycles. The molecular formula is C8H9NO3. The third kappa shape index (κ3) is 1.66. The smallest absolute Gasteiger partial charge is 0.251 e. The zero-order chi connectivity index (χ0) is 9.14. The van der Waals surface area contributed by atoms with Crippen LogP contribution in [0.2, 0.25) is 0 Å². The van der Waals surface area contributed by atoms with E-state index in [1.54, 1.807) is 0 Å². The molecule has 1 aromatic carbocycles. The maximum Gasteiger partial charge on any atom is 0.251 e. The van der Waals surface area contributed by atoms with E-state index in [0.29, 0.717) is 0 Å². The number of phenolic OH excluding ortho intramolecular Hbond substituents is 2. The molecule has 0 aliphatic heterocycles. The van der Waals surface area contributed by atoms with E-state index >= 15 is 0 Å². The van der Waals surface area contributed by atoms with Crippen molar-refractivity contribution in [3.63, 3.8) is 0 Å². The van der Waals surface area contributed by atoms with Gasteiger partial charge in [0.2, 0.25) is 0 Å². The molecule has 0 fully saturated rings. The van der Waals surface area contributed by atoms with E-state index in [2.05, 4.69) is 5.32 Å². The average Bonchev–Trinajstić information content (AvgIpc) is 2.01. The number of hydrogen-bond donors (Lipinski definition) is 3. The van der Waals surface area contributed by atoms with Gasteiger partial charge in [-0.3, -0.25) is 4.79 Å². The van der Waals surface area contributed by atoms with Gasteiger partial charge in [0.1, 0.15) is 11.5 Å². The molecule has 1 amide bonds. The van der Waals surface area contributed by atoms with Gasteiger partial charge in [0.25, 0.3) is 5.91 Å². The molecule has 0 radical (unpaired) electrons. The second kappa shape index (κ2) is 3.13. The second-order valence-corrected chi connectivity index (χ2v) is 2.32. The highest BCUT2D eigenvalue weighted by Crippen LogP contribution is 2.19. The van der Waals surface area contributed by atoms with Gasteiger partial charge >= 0.3 is 0 Å². The Morgan fingerprint density at radius 2 is 1.75 bits per heavy atom. The summed E-state index contributed by atoms with van der Waals surface area (Å²) in [6, 6.07) is 3.71. The third-order valence-corrected chi connectivity index (χ3v) is 1.39. The highest BCUT2D eigenvalue weighted by atomic mass is 16.3. The van der Waals surface area contributed by atoms with Crippen LogP contribution >= 0.6 is 0 Å². The van der Waals surface area contributed by atoms with Crippen molar-refractivity contribution >= 4 is 5.91 Å². The first kappa shape index (κ1) is 8.39. The minimum Gasteiger partial charge on any atom is -0.508 e. The molecule has 0 unspecified atom stereocenters. The Morgan fingerprint density at radius 3 is 2.17 bits per heavy atom. The van der Waals surface area contributed by atoms with Crippen LogP contribution in [0.1, 0.15) is 10.4 Å². The summed E-state index contributed by atoms with van der Waals surface area (Å²) in [6.45, 7) is 0. The van der Waals surface area contributed by atoms with Gasteiger partial charge in [-0.1, -0.05) is 0 Å². The predicted octanol–water partition coefficient (Wildman–Crippen LogP) is 0.457. The molecule has 4 heteroatoms. The van der Waals surface area contributed by atoms with Gasteiger partial charge < -0.3 is 15.5 Å². The van der Waals surface area contributed by atoms with E-state index in [0.717, 1.165) is 6.07 Å². The summed E-state index contributed by atoms with van der Waals surface area (Å²) >= 11 is 0. The molecular weight excluding hydrogens is 158 g/mol. The van der Waals surface area contributed by atoms with Crippen molar-refractivity contribution in [2.75, 3.05) is 7.05 Å². The maximum absolute atomic E-state index is 11.0. The highest BCUT2D eigenvalue weighted by molar-refractivity contribution is 5.94. The third-order valence-electron chi connectivity index (χ3n) is 1.39. The lowest BCUT2D eigenvalue weighted by Crippen LogP contribution is -2.17. The fraction of sp³-hybridized carbons (Fsp3) is 0.125. The van der Waals surface area contributed by atoms with Crippen LogP contribution in [0, 0.1) is 0 Å². The molecule has 0 saturated heterocycles. The molecule has 0 aliphatic rings. The lowest BCUT2D eigenvalue weighted by atomic mass is 10.2. The number of benzene rings is 1. The largest absolute Gasteiger partial charge is 0.508 e. The predicted molar refractivity (Wildman–Crippen MR) is 43.2 cm³/mol. The molecule has 0 aromatic heterocycles. The van der Waals surface area contributed by atoms with Gasteiger partial charge in [-0.15, -0.1) is 0 Å². The zero-order valence-corrected chi connectivity index (χ0v) is 6.53. The summed E-state index contributed by atoms with van der Waals surface area (Å²) in [7, 11) is 1.48. The molecule has 0 saturated carbocycles. The van der Waals surface area contributed by atoms with Crippen molar-refractivity contribution < 1.29 is 15.0 Å². The Bertz CT molecular complexity index is 289. The standard InChI is InChI=1S/C8H9NO3/c1-9-8(12)5-2-6(10)4-7(11)3-5/h2-4,10-11H,1H3,(H,9,12). The average molecular weight is 167 g/mol. The van der Waals surface area contributed by atoms with Gasteiger partial charge in [0, 0.05) is 18.7 Å². The number of amides is 1. The molecule has 0 bridgehead atoms. The van der Waals surface area contributed by atoms with Crippen molar-refractivity contribution in [1.29, 1.82) is 0 Å². The number of hydrogen-bond acceptors (Lipinski definition) is 3. The summed E-state index contributed by atoms with van der Waals surface area (Å²) < 4.78 is 0. The first-order valence-corrected chi connectivity index (χ1v) is 3.38. The van der Waals surface area contributed by atoms with E-state index in [1.807, 2.05) is 0 Å². The van der Waals surface area contributed by atoms with Crippen molar-refractivity contribution in [1.82, 2.24) is 5.32 Å². The summed E-state index contributed by atoms with van der Waals surface area (Å²) in [5.74, 6) is -0.608. The number of nitrogens with one attached hydrogen (secondary N) is 1. The van der Waals surface area contributed by atoms with Crippen LogP contribution in [0.25, 0.3) is 0 Å². The molecule has 4 nitrogen and oxygen atoms in total. The Morgan fingerprint density at radius 1 is 1.25 bits per heavy atom. The normalized spacial score (nSPS) is 9.42. The van der Waals surface area contributed by atoms with Gasteiger partial charge in [-0.2, -0.15) is 0 Å². The number of phenols is 2. The number of carbonyl (C=O) groups excluding carboxylic acids is 1. The Labute approximate surface area is 69.5 Å². The van der Waals surface area contributed by atoms with E-state index < -0.39 is 0 Å². The summed E-state index contributed by atoms with van der Waals surface area (Å²) in [5.41, 5.74) is 0.231. The monoisotopic (exact) mass is 167 g/mol. The minimum atomic E-state index is -0.346. The highest BCUT2D eigenvalue weighted by Gasteiger charge is 2.05. The van der Waals surface area contributed by atoms with Crippen molar-refractivity contribution in [2.24, 2.45) is 0 Å². The second-order valence-electron chi connectivity index (χ2n) is 2.32. The van der Waals surface area contributed by atoms with Crippen LogP contribution in [0.5, 0.6) is 11.5 Å². The van der Waals surface area contributed by atoms with E-state index in [1.165, 1.54) is 19.2 Å². The molecule has 1 rings (SSSR count). The molecule has 12 heavy (non-hydrogen) atoms. The van der Waals surface area contributed by atoms with E-state index in [4.69, 9.17) is 10.2 Å². The summed E-state index contributed by atoms with van der Waals surface area (Å²) in [4.78, 5) is 11.0. The SMILES string of the molecule is CNC(=O)c1cc(O)cc(O)c1. The molecule has 1 aromatic rings. The Hall–Kier alpha value is -1.71. The topological polar surface area (TPSA) is 69.6 Å². The molecule has 0 atom stereocenters. The molecule has 0 aliphatic carbocycles. The Balaban J connectivity index is 3.08. The van der Waals surface area contributed by atoms with Crippen LogP contribution in [0.3, 0.4) is 0 Å². The Kier molecular flexibility index (Phi) is 2.19. The van der Waals surface area contributed by atoms with E-state index in [9.17, 15) is 4.79 Å². The number of aromatic hydroxyl groups is 2. The first-order chi connectivity index (χ1) is 5.63. The molecule has 3 N–H and O–H groups in total. The number of carbonyl (C=O) groups is 1. The fourth-order valence-corrected chi connectivity index (χ4v) is 0.871. The van der Waals surface area contributed by atoms with Crippen LogP contribution in [-0.4, -0.2) is 23.2 Å². The molecule has 0 spiro atoms. The minimum absolute atomic E-state index is 0.131. The van der Waals surface area contributed by atoms with Crippen LogP contribution in [0.15, 0.2) is 18.2 Å². The van der Waals surface area contributed by atoms with Crippen LogP contribution in [0.4, 0.5) is 0 Å². The first-order valence-electron chi connectivity index (χ1n) is 3.38. The quantitative estimate of drug-likeness (QED) is 0.569. The zero-order valence-electron chi connectivity index (χ0n) is 6.53. The van der Waals surface area contributed by atoms with Gasteiger partial charge in [-0.25, -0.2) is 0 Å². The van der Waals surface area contributed by atoms with Crippen molar-refractivity contribution in [3.05, 3.63) is 23.8 Å². The van der Waals surface area contributed by atoms with Gasteiger partial charge in [0.15, 0.2) is 0 Å². The maximum atomic E-state index is 11.0. The van der Waals surface area contributed by atoms with Gasteiger partial charge in [-0.05, 0) is 12.1 Å². The molecule has 64 valence electrons. The van der Waals surface area contributed by atoms with Crippen LogP contribution < -0.4 is 5.32 Å². The lowest BCUT2D eigenvalue weighted by molar-refractivity contribution is 0.0962.